The van der Waals surface area contributed by atoms with Gasteiger partial charge in [-0.15, -0.1) is 0 Å². The quantitative estimate of drug-likeness (QED) is 0.825. The van der Waals surface area contributed by atoms with E-state index in [0.717, 1.165) is 13.0 Å². The zero-order valence-electron chi connectivity index (χ0n) is 10.3. The Morgan fingerprint density at radius 1 is 1.06 bits per heavy atom. The first-order chi connectivity index (χ1) is 7.80. The first-order valence-corrected chi connectivity index (χ1v) is 6.60. The fourth-order valence-corrected chi connectivity index (χ4v) is 2.93. The van der Waals surface area contributed by atoms with Gasteiger partial charge in [0.25, 0.3) is 0 Å². The van der Waals surface area contributed by atoms with E-state index < -0.39 is 0 Å². The van der Waals surface area contributed by atoms with E-state index in [-0.39, 0.29) is 5.41 Å². The molecule has 0 aliphatic heterocycles. The third-order valence-electron chi connectivity index (χ3n) is 4.18. The number of aryl methyl sites for hydroxylation is 1. The molecule has 88 valence electrons. The highest BCUT2D eigenvalue weighted by Crippen LogP contribution is 2.38. The highest BCUT2D eigenvalue weighted by molar-refractivity contribution is 5.30. The van der Waals surface area contributed by atoms with Crippen LogP contribution >= 0.6 is 0 Å². The lowest BCUT2D eigenvalue weighted by molar-refractivity contribution is 0.301. The van der Waals surface area contributed by atoms with Crippen molar-refractivity contribution in [1.29, 1.82) is 0 Å². The number of rotatable bonds is 3. The Labute approximate surface area is 99.0 Å². The standard InChI is InChI=1S/C15H23N/c1-2-13-6-8-14(9-7-13)15(12-16)10-4-3-5-11-15/h6-9H,2-5,10-12,16H2,1H3. The van der Waals surface area contributed by atoms with E-state index in [2.05, 4.69) is 31.2 Å². The Balaban J connectivity index is 2.24. The second-order valence-corrected chi connectivity index (χ2v) is 5.10. The third kappa shape index (κ3) is 2.15. The molecule has 1 nitrogen and oxygen atoms in total. The summed E-state index contributed by atoms with van der Waals surface area (Å²) in [6.07, 6.45) is 7.73. The van der Waals surface area contributed by atoms with Crippen LogP contribution in [0.2, 0.25) is 0 Å². The van der Waals surface area contributed by atoms with Crippen molar-refractivity contribution >= 4 is 0 Å². The van der Waals surface area contributed by atoms with Gasteiger partial charge in [0.15, 0.2) is 0 Å². The lowest BCUT2D eigenvalue weighted by atomic mass is 9.69. The van der Waals surface area contributed by atoms with Crippen molar-refractivity contribution in [3.8, 4) is 0 Å². The molecule has 1 saturated carbocycles. The number of hydrogen-bond donors (Lipinski definition) is 1. The van der Waals surface area contributed by atoms with Crippen LogP contribution < -0.4 is 5.73 Å². The number of benzene rings is 1. The van der Waals surface area contributed by atoms with Crippen molar-refractivity contribution in [3.05, 3.63) is 35.4 Å². The van der Waals surface area contributed by atoms with Crippen LogP contribution in [0.3, 0.4) is 0 Å². The first kappa shape index (κ1) is 11.7. The van der Waals surface area contributed by atoms with E-state index >= 15 is 0 Å². The predicted octanol–water partition coefficient (Wildman–Crippen LogP) is 3.41. The molecule has 1 fully saturated rings. The van der Waals surface area contributed by atoms with E-state index in [1.807, 2.05) is 0 Å². The summed E-state index contributed by atoms with van der Waals surface area (Å²) in [6.45, 7) is 3.01. The van der Waals surface area contributed by atoms with Gasteiger partial charge in [0, 0.05) is 12.0 Å². The van der Waals surface area contributed by atoms with Crippen LogP contribution in [0.15, 0.2) is 24.3 Å². The first-order valence-electron chi connectivity index (χ1n) is 6.60. The van der Waals surface area contributed by atoms with Gasteiger partial charge in [0.05, 0.1) is 0 Å². The Bertz CT molecular complexity index is 320. The zero-order valence-corrected chi connectivity index (χ0v) is 10.3. The molecule has 0 saturated heterocycles. The molecular weight excluding hydrogens is 194 g/mol. The van der Waals surface area contributed by atoms with Gasteiger partial charge >= 0.3 is 0 Å². The molecule has 16 heavy (non-hydrogen) atoms. The Hall–Kier alpha value is -0.820. The minimum absolute atomic E-state index is 0.282. The van der Waals surface area contributed by atoms with Crippen LogP contribution in [0.25, 0.3) is 0 Å². The van der Waals surface area contributed by atoms with Gasteiger partial charge in [0.2, 0.25) is 0 Å². The summed E-state index contributed by atoms with van der Waals surface area (Å²) in [5, 5.41) is 0. The Kier molecular flexibility index (Phi) is 3.65. The van der Waals surface area contributed by atoms with Gasteiger partial charge in [-0.05, 0) is 30.4 Å². The molecule has 1 aliphatic carbocycles. The van der Waals surface area contributed by atoms with Crippen LogP contribution in [-0.2, 0) is 11.8 Å². The molecule has 0 aromatic heterocycles. The monoisotopic (exact) mass is 217 g/mol. The molecule has 2 rings (SSSR count). The average molecular weight is 217 g/mol. The van der Waals surface area contributed by atoms with E-state index in [4.69, 9.17) is 5.73 Å². The van der Waals surface area contributed by atoms with Gasteiger partial charge in [-0.25, -0.2) is 0 Å². The van der Waals surface area contributed by atoms with E-state index in [0.29, 0.717) is 0 Å². The second kappa shape index (κ2) is 5.01. The van der Waals surface area contributed by atoms with Gasteiger partial charge in [-0.3, -0.25) is 0 Å². The van der Waals surface area contributed by atoms with Crippen molar-refractivity contribution in [1.82, 2.24) is 0 Å². The highest BCUT2D eigenvalue weighted by Gasteiger charge is 2.32. The lowest BCUT2D eigenvalue weighted by Crippen LogP contribution is -2.37. The van der Waals surface area contributed by atoms with Crippen LogP contribution in [0.1, 0.15) is 50.2 Å². The highest BCUT2D eigenvalue weighted by atomic mass is 14.6. The molecule has 0 spiro atoms. The minimum Gasteiger partial charge on any atom is -0.330 e. The topological polar surface area (TPSA) is 26.0 Å². The smallest absolute Gasteiger partial charge is 0.00755 e. The molecule has 1 aliphatic rings. The maximum Gasteiger partial charge on any atom is 0.00755 e. The zero-order chi connectivity index (χ0) is 11.4. The van der Waals surface area contributed by atoms with Crippen molar-refractivity contribution < 1.29 is 0 Å². The average Bonchev–Trinajstić information content (AvgIpc) is 2.39. The van der Waals surface area contributed by atoms with E-state index in [9.17, 15) is 0 Å². The van der Waals surface area contributed by atoms with E-state index in [1.54, 1.807) is 0 Å². The van der Waals surface area contributed by atoms with Crippen LogP contribution in [0.5, 0.6) is 0 Å². The van der Waals surface area contributed by atoms with Crippen LogP contribution in [-0.4, -0.2) is 6.54 Å². The molecule has 1 aromatic rings. The molecule has 0 heterocycles. The normalized spacial score (nSPS) is 19.6. The summed E-state index contributed by atoms with van der Waals surface area (Å²) >= 11 is 0. The molecule has 2 N–H and O–H groups in total. The van der Waals surface area contributed by atoms with Crippen LogP contribution in [0.4, 0.5) is 0 Å². The Morgan fingerprint density at radius 2 is 1.69 bits per heavy atom. The molecule has 1 aromatic carbocycles. The van der Waals surface area contributed by atoms with Crippen molar-refractivity contribution in [2.45, 2.75) is 50.9 Å². The lowest BCUT2D eigenvalue weighted by Gasteiger charge is -2.37. The fourth-order valence-electron chi connectivity index (χ4n) is 2.93. The van der Waals surface area contributed by atoms with Gasteiger partial charge < -0.3 is 5.73 Å². The maximum absolute atomic E-state index is 6.04. The summed E-state index contributed by atoms with van der Waals surface area (Å²) < 4.78 is 0. The summed E-state index contributed by atoms with van der Waals surface area (Å²) in [5.41, 5.74) is 9.21. The molecular formula is C15H23N. The maximum atomic E-state index is 6.04. The van der Waals surface area contributed by atoms with Crippen molar-refractivity contribution in [2.75, 3.05) is 6.54 Å². The predicted molar refractivity (Wildman–Crippen MR) is 69.6 cm³/mol. The number of nitrogens with two attached hydrogens (primary N) is 1. The molecule has 0 bridgehead atoms. The number of hydrogen-bond acceptors (Lipinski definition) is 1. The largest absolute Gasteiger partial charge is 0.330 e. The Morgan fingerprint density at radius 3 is 2.19 bits per heavy atom. The van der Waals surface area contributed by atoms with Crippen molar-refractivity contribution in [2.24, 2.45) is 5.73 Å². The fraction of sp³-hybridized carbons (Fsp3) is 0.600. The van der Waals surface area contributed by atoms with Gasteiger partial charge in [-0.2, -0.15) is 0 Å². The second-order valence-electron chi connectivity index (χ2n) is 5.10. The molecule has 0 radical (unpaired) electrons. The van der Waals surface area contributed by atoms with Crippen molar-refractivity contribution in [3.63, 3.8) is 0 Å². The summed E-state index contributed by atoms with van der Waals surface area (Å²) in [6, 6.07) is 9.14. The van der Waals surface area contributed by atoms with E-state index in [1.165, 1.54) is 43.2 Å². The SMILES string of the molecule is CCc1ccc(C2(CN)CCCCC2)cc1. The molecule has 1 heteroatoms. The van der Waals surface area contributed by atoms with Crippen LogP contribution in [0, 0.1) is 0 Å². The minimum atomic E-state index is 0.282. The molecule has 0 unspecified atom stereocenters. The third-order valence-corrected chi connectivity index (χ3v) is 4.18. The summed E-state index contributed by atoms with van der Waals surface area (Å²) in [5.74, 6) is 0. The summed E-state index contributed by atoms with van der Waals surface area (Å²) in [4.78, 5) is 0. The van der Waals surface area contributed by atoms with Gasteiger partial charge in [0.1, 0.15) is 0 Å². The molecule has 0 atom stereocenters. The van der Waals surface area contributed by atoms with Gasteiger partial charge in [-0.1, -0.05) is 50.5 Å². The summed E-state index contributed by atoms with van der Waals surface area (Å²) in [7, 11) is 0. The molecule has 0 amide bonds.